The van der Waals surface area contributed by atoms with Crippen molar-refractivity contribution in [2.45, 2.75) is 25.2 Å². The number of halogens is 2. The molecule has 2 amide bonds. The molecule has 0 atom stereocenters. The van der Waals surface area contributed by atoms with Crippen molar-refractivity contribution in [1.29, 1.82) is 0 Å². The average molecular weight is 419 g/mol. The molecule has 2 N–H and O–H groups in total. The molecule has 1 saturated carbocycles. The van der Waals surface area contributed by atoms with Crippen molar-refractivity contribution < 1.29 is 18.7 Å². The minimum atomic E-state index is -0.622. The number of hydrogen-bond donors (Lipinski definition) is 2. The zero-order valence-electron chi connectivity index (χ0n) is 15.6. The van der Waals surface area contributed by atoms with Crippen molar-refractivity contribution in [3.63, 3.8) is 0 Å². The highest BCUT2D eigenvalue weighted by atomic mass is 35.5. The Labute approximate surface area is 172 Å². The second-order valence-electron chi connectivity index (χ2n) is 6.62. The van der Waals surface area contributed by atoms with Gasteiger partial charge in [-0.25, -0.2) is 9.37 Å². The summed E-state index contributed by atoms with van der Waals surface area (Å²) in [5.41, 5.74) is 1.55. The van der Waals surface area contributed by atoms with Gasteiger partial charge in [0.2, 0.25) is 0 Å². The van der Waals surface area contributed by atoms with Gasteiger partial charge in [-0.2, -0.15) is 0 Å². The van der Waals surface area contributed by atoms with Gasteiger partial charge in [0.25, 0.3) is 11.8 Å². The molecule has 3 rings (SSSR count). The number of nitrogens with one attached hydrogen (secondary N) is 2. The zero-order valence-corrected chi connectivity index (χ0v) is 16.3. The van der Waals surface area contributed by atoms with Crippen LogP contribution in [0.2, 0.25) is 5.02 Å². The summed E-state index contributed by atoms with van der Waals surface area (Å²) in [4.78, 5) is 32.3. The van der Waals surface area contributed by atoms with E-state index >= 15 is 0 Å². The Morgan fingerprint density at radius 3 is 2.72 bits per heavy atom. The maximum Gasteiger partial charge on any atom is 0.275 e. The molecule has 2 aromatic rings. The molecular formula is C20H20ClFN4O3. The Balaban J connectivity index is 1.34. The summed E-state index contributed by atoms with van der Waals surface area (Å²) in [7, 11) is 0. The predicted octanol–water partition coefficient (Wildman–Crippen LogP) is 2.98. The van der Waals surface area contributed by atoms with E-state index in [1.54, 1.807) is 6.20 Å². The number of ether oxygens (including phenoxy) is 1. The molecule has 1 heterocycles. The Bertz CT molecular complexity index is 916. The maximum absolute atomic E-state index is 13.3. The van der Waals surface area contributed by atoms with Crippen molar-refractivity contribution in [3.05, 3.63) is 65.1 Å². The summed E-state index contributed by atoms with van der Waals surface area (Å²) in [5.74, 6) is -0.734. The lowest BCUT2D eigenvalue weighted by atomic mass is 10.3. The molecule has 1 fully saturated rings. The van der Waals surface area contributed by atoms with Gasteiger partial charge in [0.05, 0.1) is 16.9 Å². The summed E-state index contributed by atoms with van der Waals surface area (Å²) < 4.78 is 18.5. The van der Waals surface area contributed by atoms with Crippen LogP contribution in [0.15, 0.2) is 42.9 Å². The van der Waals surface area contributed by atoms with Crippen molar-refractivity contribution in [3.8, 4) is 5.75 Å². The van der Waals surface area contributed by atoms with Crippen LogP contribution < -0.4 is 15.4 Å². The molecule has 0 aliphatic heterocycles. The Morgan fingerprint density at radius 1 is 1.28 bits per heavy atom. The highest BCUT2D eigenvalue weighted by molar-refractivity contribution is 6.30. The lowest BCUT2D eigenvalue weighted by Gasteiger charge is -2.10. The number of rotatable bonds is 9. The lowest BCUT2D eigenvalue weighted by Crippen LogP contribution is -2.31. The highest BCUT2D eigenvalue weighted by Crippen LogP contribution is 2.38. The van der Waals surface area contributed by atoms with Crippen molar-refractivity contribution in [1.82, 2.24) is 20.6 Å². The molecule has 1 aromatic heterocycles. The van der Waals surface area contributed by atoms with Crippen LogP contribution in [0.3, 0.4) is 0 Å². The first-order valence-corrected chi connectivity index (χ1v) is 9.46. The Kier molecular flexibility index (Phi) is 6.77. The number of aromatic nitrogens is 2. The quantitative estimate of drug-likeness (QED) is 0.653. The molecule has 1 aliphatic rings. The minimum Gasteiger partial charge on any atom is -0.484 e. The Hall–Kier alpha value is -3.00. The van der Waals surface area contributed by atoms with Gasteiger partial charge in [0.15, 0.2) is 6.61 Å². The summed E-state index contributed by atoms with van der Waals surface area (Å²) in [6.07, 6.45) is 5.65. The molecule has 0 spiro atoms. The van der Waals surface area contributed by atoms with Gasteiger partial charge >= 0.3 is 0 Å². The second kappa shape index (κ2) is 9.47. The molecule has 1 aromatic carbocycles. The van der Waals surface area contributed by atoms with Gasteiger partial charge in [0, 0.05) is 36.8 Å². The first kappa shape index (κ1) is 20.7. The fourth-order valence-electron chi connectivity index (χ4n) is 2.45. The molecule has 0 unspecified atom stereocenters. The average Bonchev–Trinajstić information content (AvgIpc) is 3.54. The fraction of sp³-hybridized carbons (Fsp3) is 0.300. The fourth-order valence-corrected chi connectivity index (χ4v) is 2.57. The van der Waals surface area contributed by atoms with Crippen LogP contribution in [0.5, 0.6) is 5.75 Å². The van der Waals surface area contributed by atoms with E-state index in [0.717, 1.165) is 24.6 Å². The van der Waals surface area contributed by atoms with E-state index in [4.69, 9.17) is 16.3 Å². The summed E-state index contributed by atoms with van der Waals surface area (Å²) in [6, 6.07) is 3.92. The van der Waals surface area contributed by atoms with Crippen molar-refractivity contribution >= 4 is 23.4 Å². The third-order valence-electron chi connectivity index (χ3n) is 4.20. The molecule has 0 bridgehead atoms. The number of carbonyl (C=O) groups excluding carboxylic acids is 2. The van der Waals surface area contributed by atoms with E-state index in [9.17, 15) is 14.0 Å². The van der Waals surface area contributed by atoms with E-state index < -0.39 is 11.7 Å². The highest BCUT2D eigenvalue weighted by Gasteiger charge is 2.25. The van der Waals surface area contributed by atoms with Crippen LogP contribution in [0.1, 0.15) is 41.4 Å². The maximum atomic E-state index is 13.3. The van der Waals surface area contributed by atoms with E-state index in [2.05, 4.69) is 27.2 Å². The molecule has 152 valence electrons. The minimum absolute atomic E-state index is 0.0211. The lowest BCUT2D eigenvalue weighted by molar-refractivity contribution is -0.123. The van der Waals surface area contributed by atoms with Crippen LogP contribution in [0.25, 0.3) is 0 Å². The molecule has 0 saturated heterocycles. The molecule has 1 aliphatic carbocycles. The predicted molar refractivity (Wildman–Crippen MR) is 105 cm³/mol. The molecule has 29 heavy (non-hydrogen) atoms. The van der Waals surface area contributed by atoms with E-state index in [1.165, 1.54) is 18.3 Å². The standard InChI is InChI=1S/C20H20ClFN4O3/c1-12(26-20(28)18-10-24-17(9-25-18)13-2-3-13)6-7-23-19(27)11-29-14-4-5-15(21)16(22)8-14/h4-5,8-10,13H,1-3,6-7,11H2,(H,23,27)(H,26,28). The van der Waals surface area contributed by atoms with Crippen LogP contribution in [-0.2, 0) is 4.79 Å². The Morgan fingerprint density at radius 2 is 2.07 bits per heavy atom. The first-order valence-electron chi connectivity index (χ1n) is 9.08. The van der Waals surface area contributed by atoms with Crippen molar-refractivity contribution in [2.24, 2.45) is 0 Å². The van der Waals surface area contributed by atoms with Crippen LogP contribution in [0.4, 0.5) is 4.39 Å². The molecule has 0 radical (unpaired) electrons. The number of carbonyl (C=O) groups is 2. The first-order chi connectivity index (χ1) is 13.9. The molecule has 9 heteroatoms. The molecular weight excluding hydrogens is 399 g/mol. The van der Waals surface area contributed by atoms with Gasteiger partial charge in [-0.15, -0.1) is 0 Å². The van der Waals surface area contributed by atoms with Gasteiger partial charge in [-0.1, -0.05) is 18.2 Å². The summed E-state index contributed by atoms with van der Waals surface area (Å²) >= 11 is 5.58. The van der Waals surface area contributed by atoms with Crippen LogP contribution in [0, 0.1) is 5.82 Å². The van der Waals surface area contributed by atoms with Gasteiger partial charge in [-0.3, -0.25) is 14.6 Å². The van der Waals surface area contributed by atoms with Gasteiger partial charge < -0.3 is 15.4 Å². The van der Waals surface area contributed by atoms with E-state index in [1.807, 2.05) is 0 Å². The third kappa shape index (κ3) is 6.25. The number of benzene rings is 1. The summed E-state index contributed by atoms with van der Waals surface area (Å²) in [6.45, 7) is 3.75. The van der Waals surface area contributed by atoms with Crippen molar-refractivity contribution in [2.75, 3.05) is 13.2 Å². The SMILES string of the molecule is C=C(CCNC(=O)COc1ccc(Cl)c(F)c1)NC(=O)c1cnc(C2CC2)cn1. The van der Waals surface area contributed by atoms with Gasteiger partial charge in [-0.05, 0) is 25.0 Å². The smallest absolute Gasteiger partial charge is 0.275 e. The molecule has 7 nitrogen and oxygen atoms in total. The van der Waals surface area contributed by atoms with Crippen LogP contribution >= 0.6 is 11.6 Å². The largest absolute Gasteiger partial charge is 0.484 e. The van der Waals surface area contributed by atoms with E-state index in [-0.39, 0.29) is 35.5 Å². The zero-order chi connectivity index (χ0) is 20.8. The summed E-state index contributed by atoms with van der Waals surface area (Å²) in [5, 5.41) is 5.24. The normalized spacial score (nSPS) is 12.9. The second-order valence-corrected chi connectivity index (χ2v) is 7.03. The van der Waals surface area contributed by atoms with Gasteiger partial charge in [0.1, 0.15) is 17.3 Å². The third-order valence-corrected chi connectivity index (χ3v) is 4.51. The number of amides is 2. The number of nitrogens with zero attached hydrogens (tertiary/aromatic N) is 2. The number of hydrogen-bond acceptors (Lipinski definition) is 5. The van der Waals surface area contributed by atoms with E-state index in [0.29, 0.717) is 18.0 Å². The monoisotopic (exact) mass is 418 g/mol. The topological polar surface area (TPSA) is 93.2 Å². The van der Waals surface area contributed by atoms with Crippen LogP contribution in [-0.4, -0.2) is 34.9 Å².